The van der Waals surface area contributed by atoms with E-state index in [2.05, 4.69) is 34.7 Å². The number of ether oxygens (including phenoxy) is 1. The van der Waals surface area contributed by atoms with Gasteiger partial charge in [0.05, 0.1) is 12.6 Å². The Kier molecular flexibility index (Phi) is 5.07. The average molecular weight is 253 g/mol. The van der Waals surface area contributed by atoms with E-state index in [1.165, 1.54) is 12.8 Å². The first kappa shape index (κ1) is 13.4. The predicted octanol–water partition coefficient (Wildman–Crippen LogP) is 0.988. The second-order valence-electron chi connectivity index (χ2n) is 5.27. The van der Waals surface area contributed by atoms with Crippen molar-refractivity contribution < 1.29 is 4.74 Å². The van der Waals surface area contributed by atoms with Gasteiger partial charge in [-0.05, 0) is 42.2 Å². The molecule has 0 radical (unpaired) electrons. The summed E-state index contributed by atoms with van der Waals surface area (Å²) in [5.41, 5.74) is 0. The average Bonchev–Trinajstić information content (AvgIpc) is 2.96. The molecule has 18 heavy (non-hydrogen) atoms. The molecule has 1 saturated heterocycles. The van der Waals surface area contributed by atoms with E-state index in [4.69, 9.17) is 4.74 Å². The Hall–Kier alpha value is -1.01. The lowest BCUT2D eigenvalue weighted by molar-refractivity contribution is 0.0990. The molecule has 1 atom stereocenters. The molecule has 1 aromatic rings. The minimum Gasteiger partial charge on any atom is -0.378 e. The fourth-order valence-corrected chi connectivity index (χ4v) is 2.13. The highest BCUT2D eigenvalue weighted by molar-refractivity contribution is 4.80. The second-order valence-corrected chi connectivity index (χ2v) is 5.27. The first-order chi connectivity index (χ1) is 8.75. The lowest BCUT2D eigenvalue weighted by Crippen LogP contribution is -2.22. The summed E-state index contributed by atoms with van der Waals surface area (Å²) in [6.07, 6.45) is 3.75. The minimum atomic E-state index is 0.394. The van der Waals surface area contributed by atoms with Crippen LogP contribution in [0.3, 0.4) is 0 Å². The van der Waals surface area contributed by atoms with Crippen molar-refractivity contribution in [3.05, 3.63) is 5.82 Å². The third-order valence-corrected chi connectivity index (χ3v) is 3.13. The molecular formula is C12H23N5O. The van der Waals surface area contributed by atoms with Crippen LogP contribution in [0.5, 0.6) is 0 Å². The number of aromatic nitrogens is 4. The van der Waals surface area contributed by atoms with Crippen molar-refractivity contribution in [2.45, 2.75) is 52.3 Å². The standard InChI is InChI=1S/C12H23N5O/c1-10(2)8-13-9-12-14-15-16-17(12)6-5-11-4-3-7-18-11/h10-11,13H,3-9H2,1-2H3. The lowest BCUT2D eigenvalue weighted by Gasteiger charge is -2.10. The minimum absolute atomic E-state index is 0.394. The first-order valence-electron chi connectivity index (χ1n) is 6.83. The van der Waals surface area contributed by atoms with E-state index in [0.29, 0.717) is 12.0 Å². The molecule has 0 saturated carbocycles. The number of tetrazole rings is 1. The van der Waals surface area contributed by atoms with E-state index in [0.717, 1.165) is 38.5 Å². The van der Waals surface area contributed by atoms with Crippen molar-refractivity contribution in [2.24, 2.45) is 5.92 Å². The molecule has 0 aromatic carbocycles. The maximum atomic E-state index is 5.61. The van der Waals surface area contributed by atoms with Crippen molar-refractivity contribution in [3.63, 3.8) is 0 Å². The van der Waals surface area contributed by atoms with E-state index in [1.54, 1.807) is 0 Å². The van der Waals surface area contributed by atoms with Gasteiger partial charge in [-0.2, -0.15) is 0 Å². The van der Waals surface area contributed by atoms with E-state index >= 15 is 0 Å². The highest BCUT2D eigenvalue weighted by Crippen LogP contribution is 2.15. The fraction of sp³-hybridized carbons (Fsp3) is 0.917. The largest absolute Gasteiger partial charge is 0.378 e. The SMILES string of the molecule is CC(C)CNCc1nnnn1CCC1CCCO1. The predicted molar refractivity (Wildman–Crippen MR) is 68.0 cm³/mol. The molecule has 0 amide bonds. The van der Waals surface area contributed by atoms with Crippen LogP contribution in [0.2, 0.25) is 0 Å². The summed E-state index contributed by atoms with van der Waals surface area (Å²) in [6, 6.07) is 0. The van der Waals surface area contributed by atoms with Crippen molar-refractivity contribution >= 4 is 0 Å². The molecule has 0 aliphatic carbocycles. The molecule has 1 aliphatic heterocycles. The number of nitrogens with one attached hydrogen (secondary N) is 1. The first-order valence-corrected chi connectivity index (χ1v) is 6.83. The normalized spacial score (nSPS) is 19.8. The third-order valence-electron chi connectivity index (χ3n) is 3.13. The number of hydrogen-bond acceptors (Lipinski definition) is 5. The Bertz CT molecular complexity index is 346. The zero-order chi connectivity index (χ0) is 12.8. The molecule has 1 N–H and O–H groups in total. The van der Waals surface area contributed by atoms with Gasteiger partial charge in [-0.25, -0.2) is 4.68 Å². The van der Waals surface area contributed by atoms with E-state index in [9.17, 15) is 0 Å². The summed E-state index contributed by atoms with van der Waals surface area (Å²) in [5, 5.41) is 15.2. The Morgan fingerprint density at radius 1 is 1.50 bits per heavy atom. The quantitative estimate of drug-likeness (QED) is 0.785. The van der Waals surface area contributed by atoms with Gasteiger partial charge >= 0.3 is 0 Å². The van der Waals surface area contributed by atoms with Gasteiger partial charge in [-0.1, -0.05) is 13.8 Å². The van der Waals surface area contributed by atoms with Crippen LogP contribution >= 0.6 is 0 Å². The summed E-state index contributed by atoms with van der Waals surface area (Å²) in [4.78, 5) is 0. The smallest absolute Gasteiger partial charge is 0.165 e. The maximum Gasteiger partial charge on any atom is 0.165 e. The highest BCUT2D eigenvalue weighted by atomic mass is 16.5. The van der Waals surface area contributed by atoms with Crippen LogP contribution in [0.4, 0.5) is 0 Å². The Morgan fingerprint density at radius 2 is 2.39 bits per heavy atom. The van der Waals surface area contributed by atoms with E-state index < -0.39 is 0 Å². The third kappa shape index (κ3) is 4.03. The number of aryl methyl sites for hydroxylation is 1. The molecular weight excluding hydrogens is 230 g/mol. The van der Waals surface area contributed by atoms with Crippen LogP contribution in [-0.2, 0) is 17.8 Å². The highest BCUT2D eigenvalue weighted by Gasteiger charge is 2.16. The van der Waals surface area contributed by atoms with Gasteiger partial charge in [0.25, 0.3) is 0 Å². The van der Waals surface area contributed by atoms with Gasteiger partial charge in [-0.15, -0.1) is 5.10 Å². The molecule has 1 aliphatic rings. The summed E-state index contributed by atoms with van der Waals surface area (Å²) in [7, 11) is 0. The van der Waals surface area contributed by atoms with Crippen LogP contribution in [0, 0.1) is 5.92 Å². The summed E-state index contributed by atoms with van der Waals surface area (Å²) in [5.74, 6) is 1.55. The van der Waals surface area contributed by atoms with Crippen molar-refractivity contribution in [1.82, 2.24) is 25.5 Å². The molecule has 1 unspecified atom stereocenters. The summed E-state index contributed by atoms with van der Waals surface area (Å²) >= 11 is 0. The van der Waals surface area contributed by atoms with Crippen LogP contribution in [0.1, 0.15) is 38.9 Å². The van der Waals surface area contributed by atoms with Gasteiger partial charge in [0.1, 0.15) is 0 Å². The number of nitrogens with zero attached hydrogens (tertiary/aromatic N) is 4. The van der Waals surface area contributed by atoms with E-state index in [-0.39, 0.29) is 0 Å². The summed E-state index contributed by atoms with van der Waals surface area (Å²) in [6.45, 7) is 7.84. The molecule has 6 heteroatoms. The zero-order valence-electron chi connectivity index (χ0n) is 11.3. The van der Waals surface area contributed by atoms with Gasteiger partial charge in [0.2, 0.25) is 0 Å². The molecule has 0 spiro atoms. The van der Waals surface area contributed by atoms with Crippen LogP contribution in [-0.4, -0.2) is 39.5 Å². The molecule has 1 aromatic heterocycles. The Morgan fingerprint density at radius 3 is 3.11 bits per heavy atom. The van der Waals surface area contributed by atoms with Crippen LogP contribution in [0.25, 0.3) is 0 Å². The second kappa shape index (κ2) is 6.80. The number of rotatable bonds is 7. The lowest BCUT2D eigenvalue weighted by atomic mass is 10.2. The Balaban J connectivity index is 1.75. The fourth-order valence-electron chi connectivity index (χ4n) is 2.13. The maximum absolute atomic E-state index is 5.61. The molecule has 2 heterocycles. The van der Waals surface area contributed by atoms with Crippen molar-refractivity contribution in [1.29, 1.82) is 0 Å². The molecule has 1 fully saturated rings. The van der Waals surface area contributed by atoms with Crippen molar-refractivity contribution in [2.75, 3.05) is 13.2 Å². The van der Waals surface area contributed by atoms with Gasteiger partial charge < -0.3 is 10.1 Å². The monoisotopic (exact) mass is 253 g/mol. The van der Waals surface area contributed by atoms with Crippen LogP contribution in [0.15, 0.2) is 0 Å². The Labute approximate surface area is 108 Å². The molecule has 6 nitrogen and oxygen atoms in total. The molecule has 0 bridgehead atoms. The molecule has 2 rings (SSSR count). The van der Waals surface area contributed by atoms with Crippen LogP contribution < -0.4 is 5.32 Å². The van der Waals surface area contributed by atoms with E-state index in [1.807, 2.05) is 4.68 Å². The molecule has 102 valence electrons. The van der Waals surface area contributed by atoms with Gasteiger partial charge in [0, 0.05) is 13.2 Å². The topological polar surface area (TPSA) is 64.9 Å². The number of hydrogen-bond donors (Lipinski definition) is 1. The summed E-state index contributed by atoms with van der Waals surface area (Å²) < 4.78 is 7.49. The zero-order valence-corrected chi connectivity index (χ0v) is 11.3. The van der Waals surface area contributed by atoms with Gasteiger partial charge in [0.15, 0.2) is 5.82 Å². The van der Waals surface area contributed by atoms with Gasteiger partial charge in [-0.3, -0.25) is 0 Å². The van der Waals surface area contributed by atoms with Crippen molar-refractivity contribution in [3.8, 4) is 0 Å².